The molecule has 0 fully saturated rings. The summed E-state index contributed by atoms with van der Waals surface area (Å²) >= 11 is 5.59. The molecule has 0 aliphatic heterocycles. The van der Waals surface area contributed by atoms with Gasteiger partial charge in [0, 0.05) is 11.1 Å². The number of carbonyl (C=O) groups is 1. The van der Waals surface area contributed by atoms with Crippen molar-refractivity contribution in [2.75, 3.05) is 12.4 Å². The minimum absolute atomic E-state index is 0.0627. The van der Waals surface area contributed by atoms with Gasteiger partial charge in [0.1, 0.15) is 5.75 Å². The van der Waals surface area contributed by atoms with Crippen LogP contribution in [0.3, 0.4) is 0 Å². The molecule has 0 unspecified atom stereocenters. The van der Waals surface area contributed by atoms with Gasteiger partial charge in [0.15, 0.2) is 0 Å². The van der Waals surface area contributed by atoms with Gasteiger partial charge in [0.25, 0.3) is 0 Å². The third-order valence-electron chi connectivity index (χ3n) is 3.07. The fourth-order valence-corrected chi connectivity index (χ4v) is 2.12. The molecule has 0 saturated heterocycles. The lowest BCUT2D eigenvalue weighted by Gasteiger charge is -2.13. The molecule has 1 N–H and O–H groups in total. The molecule has 7 heteroatoms. The molecule has 0 spiro atoms. The van der Waals surface area contributed by atoms with Crippen molar-refractivity contribution in [2.24, 2.45) is 0 Å². The third-order valence-corrected chi connectivity index (χ3v) is 3.30. The number of alkyl halides is 3. The molecule has 0 aromatic heterocycles. The molecule has 1 amide bonds. The average molecular weight is 356 g/mol. The van der Waals surface area contributed by atoms with Crippen LogP contribution < -0.4 is 10.1 Å². The number of benzene rings is 2. The normalized spacial score (nSPS) is 11.5. The average Bonchev–Trinajstić information content (AvgIpc) is 2.54. The summed E-state index contributed by atoms with van der Waals surface area (Å²) in [5.41, 5.74) is -0.679. The number of ether oxygens (including phenoxy) is 1. The maximum absolute atomic E-state index is 13.0. The van der Waals surface area contributed by atoms with Crippen LogP contribution in [0.25, 0.3) is 6.08 Å². The molecular formula is C17H13ClF3NO2. The van der Waals surface area contributed by atoms with E-state index in [9.17, 15) is 18.0 Å². The zero-order valence-electron chi connectivity index (χ0n) is 12.5. The van der Waals surface area contributed by atoms with Gasteiger partial charge in [-0.2, -0.15) is 13.2 Å². The van der Waals surface area contributed by atoms with E-state index in [1.165, 1.54) is 19.3 Å². The highest BCUT2D eigenvalue weighted by Crippen LogP contribution is 2.36. The lowest BCUT2D eigenvalue weighted by Crippen LogP contribution is -2.14. The number of hydrogen-bond acceptors (Lipinski definition) is 2. The van der Waals surface area contributed by atoms with Crippen molar-refractivity contribution in [3.8, 4) is 5.75 Å². The Morgan fingerprint density at radius 2 is 1.96 bits per heavy atom. The van der Waals surface area contributed by atoms with E-state index in [0.717, 1.165) is 18.2 Å². The Morgan fingerprint density at radius 3 is 2.62 bits per heavy atom. The molecule has 0 bridgehead atoms. The zero-order chi connectivity index (χ0) is 17.7. The SMILES string of the molecule is COc1cccc(/C=C/C(=O)Nc2ccc(Cl)cc2C(F)(F)F)c1. The van der Waals surface area contributed by atoms with Crippen LogP contribution in [0, 0.1) is 0 Å². The molecule has 0 radical (unpaired) electrons. The van der Waals surface area contributed by atoms with E-state index in [1.807, 2.05) is 0 Å². The smallest absolute Gasteiger partial charge is 0.418 e. The zero-order valence-corrected chi connectivity index (χ0v) is 13.3. The maximum atomic E-state index is 13.0. The number of nitrogens with one attached hydrogen (secondary N) is 1. The van der Waals surface area contributed by atoms with Crippen LogP contribution in [-0.2, 0) is 11.0 Å². The lowest BCUT2D eigenvalue weighted by molar-refractivity contribution is -0.136. The van der Waals surface area contributed by atoms with Crippen molar-refractivity contribution in [3.05, 3.63) is 64.7 Å². The number of amides is 1. The van der Waals surface area contributed by atoms with Crippen LogP contribution >= 0.6 is 11.6 Å². The van der Waals surface area contributed by atoms with Crippen LogP contribution in [0.15, 0.2) is 48.5 Å². The van der Waals surface area contributed by atoms with E-state index in [-0.39, 0.29) is 10.7 Å². The highest BCUT2D eigenvalue weighted by molar-refractivity contribution is 6.30. The second-order valence-electron chi connectivity index (χ2n) is 4.79. The second kappa shape index (κ2) is 7.40. The summed E-state index contributed by atoms with van der Waals surface area (Å²) in [5.74, 6) is -0.0831. The standard InChI is InChI=1S/C17H13ClF3NO2/c1-24-13-4-2-3-11(9-13)5-8-16(23)22-15-7-6-12(18)10-14(15)17(19,20)21/h2-10H,1H3,(H,22,23)/b8-5+. The molecule has 126 valence electrons. The molecule has 3 nitrogen and oxygen atoms in total. The van der Waals surface area contributed by atoms with Crippen molar-refractivity contribution in [2.45, 2.75) is 6.18 Å². The Morgan fingerprint density at radius 1 is 1.21 bits per heavy atom. The highest BCUT2D eigenvalue weighted by atomic mass is 35.5. The summed E-state index contributed by atoms with van der Waals surface area (Å²) in [6, 6.07) is 10.0. The number of anilines is 1. The van der Waals surface area contributed by atoms with Crippen LogP contribution in [0.4, 0.5) is 18.9 Å². The predicted molar refractivity (Wildman–Crippen MR) is 87.1 cm³/mol. The molecule has 2 rings (SSSR count). The maximum Gasteiger partial charge on any atom is 0.418 e. The Kier molecular flexibility index (Phi) is 5.51. The predicted octanol–water partition coefficient (Wildman–Crippen LogP) is 5.02. The summed E-state index contributed by atoms with van der Waals surface area (Å²) < 4.78 is 44.0. The quantitative estimate of drug-likeness (QED) is 0.782. The van der Waals surface area contributed by atoms with Gasteiger partial charge in [0.05, 0.1) is 18.4 Å². The fourth-order valence-electron chi connectivity index (χ4n) is 1.95. The number of carbonyl (C=O) groups excluding carboxylic acids is 1. The van der Waals surface area contributed by atoms with Crippen LogP contribution in [0.2, 0.25) is 5.02 Å². The van der Waals surface area contributed by atoms with Crippen molar-refractivity contribution in [1.82, 2.24) is 0 Å². The molecule has 2 aromatic carbocycles. The van der Waals surface area contributed by atoms with Gasteiger partial charge >= 0.3 is 6.18 Å². The van der Waals surface area contributed by atoms with E-state index in [2.05, 4.69) is 5.32 Å². The van der Waals surface area contributed by atoms with Gasteiger partial charge in [0.2, 0.25) is 5.91 Å². The van der Waals surface area contributed by atoms with Gasteiger partial charge in [-0.25, -0.2) is 0 Å². The molecule has 0 heterocycles. The van der Waals surface area contributed by atoms with Crippen molar-refractivity contribution < 1.29 is 22.7 Å². The Bertz CT molecular complexity index is 773. The first kappa shape index (κ1) is 17.9. The molecule has 2 aromatic rings. The Hall–Kier alpha value is -2.47. The molecule has 0 aliphatic carbocycles. The number of rotatable bonds is 4. The van der Waals surface area contributed by atoms with Crippen LogP contribution in [0.5, 0.6) is 5.75 Å². The van der Waals surface area contributed by atoms with Crippen molar-refractivity contribution in [1.29, 1.82) is 0 Å². The van der Waals surface area contributed by atoms with Crippen molar-refractivity contribution >= 4 is 29.3 Å². The monoisotopic (exact) mass is 355 g/mol. The first-order chi connectivity index (χ1) is 11.3. The third kappa shape index (κ3) is 4.76. The van der Waals surface area contributed by atoms with Crippen LogP contribution in [-0.4, -0.2) is 13.0 Å². The second-order valence-corrected chi connectivity index (χ2v) is 5.22. The topological polar surface area (TPSA) is 38.3 Å². The van der Waals surface area contributed by atoms with Crippen molar-refractivity contribution in [3.63, 3.8) is 0 Å². The molecule has 0 aliphatic rings. The van der Waals surface area contributed by atoms with Gasteiger partial charge in [-0.1, -0.05) is 23.7 Å². The van der Waals surface area contributed by atoms with Gasteiger partial charge in [-0.15, -0.1) is 0 Å². The largest absolute Gasteiger partial charge is 0.497 e. The van der Waals surface area contributed by atoms with E-state index >= 15 is 0 Å². The number of hydrogen-bond donors (Lipinski definition) is 1. The Labute approximate surface area is 141 Å². The van der Waals surface area contributed by atoms with E-state index in [1.54, 1.807) is 24.3 Å². The molecule has 0 saturated carbocycles. The summed E-state index contributed by atoms with van der Waals surface area (Å²) in [7, 11) is 1.51. The Balaban J connectivity index is 2.16. The summed E-state index contributed by atoms with van der Waals surface area (Å²) in [5, 5.41) is 2.14. The van der Waals surface area contributed by atoms with Gasteiger partial charge < -0.3 is 10.1 Å². The van der Waals surface area contributed by atoms with Gasteiger partial charge in [-0.05, 0) is 42.0 Å². The summed E-state index contributed by atoms with van der Waals surface area (Å²) in [6.45, 7) is 0. The van der Waals surface area contributed by atoms with Crippen LogP contribution in [0.1, 0.15) is 11.1 Å². The minimum Gasteiger partial charge on any atom is -0.497 e. The van der Waals surface area contributed by atoms with E-state index in [0.29, 0.717) is 11.3 Å². The van der Waals surface area contributed by atoms with Gasteiger partial charge in [-0.3, -0.25) is 4.79 Å². The van der Waals surface area contributed by atoms with E-state index in [4.69, 9.17) is 16.3 Å². The number of methoxy groups -OCH3 is 1. The molecule has 24 heavy (non-hydrogen) atoms. The fraction of sp³-hybridized carbons (Fsp3) is 0.118. The summed E-state index contributed by atoms with van der Waals surface area (Å²) in [6.07, 6.45) is -2.01. The first-order valence-electron chi connectivity index (χ1n) is 6.79. The van der Waals surface area contributed by atoms with E-state index < -0.39 is 17.6 Å². The minimum atomic E-state index is -4.62. The highest BCUT2D eigenvalue weighted by Gasteiger charge is 2.34. The first-order valence-corrected chi connectivity index (χ1v) is 7.17. The lowest BCUT2D eigenvalue weighted by atomic mass is 10.1. The number of halogens is 4. The molecule has 0 atom stereocenters. The summed E-state index contributed by atoms with van der Waals surface area (Å²) in [4.78, 5) is 11.9. The molecular weight excluding hydrogens is 343 g/mol.